The number of aryl methyl sites for hydroxylation is 2. The van der Waals surface area contributed by atoms with Crippen LogP contribution in [-0.2, 0) is 0 Å². The van der Waals surface area contributed by atoms with Crippen LogP contribution in [0.3, 0.4) is 0 Å². The van der Waals surface area contributed by atoms with Gasteiger partial charge in [0.25, 0.3) is 0 Å². The van der Waals surface area contributed by atoms with Gasteiger partial charge in [-0.05, 0) is 13.8 Å². The van der Waals surface area contributed by atoms with Crippen LogP contribution in [0, 0.1) is 25.2 Å². The molecule has 1 heterocycles. The number of hydrogen-bond acceptors (Lipinski definition) is 2. The van der Waals surface area contributed by atoms with Gasteiger partial charge in [0, 0.05) is 6.20 Å². The smallest absolute Gasteiger partial charge is 0.0981 e. The van der Waals surface area contributed by atoms with Crippen molar-refractivity contribution in [1.29, 1.82) is 5.26 Å². The maximum atomic E-state index is 8.03. The lowest BCUT2D eigenvalue weighted by atomic mass is 10.2. The summed E-state index contributed by atoms with van der Waals surface area (Å²) >= 11 is 0. The molecule has 0 fully saturated rings. The van der Waals surface area contributed by atoms with E-state index in [0.717, 1.165) is 12.1 Å². The van der Waals surface area contributed by atoms with Crippen molar-refractivity contribution >= 4 is 0 Å². The van der Waals surface area contributed by atoms with Crippen LogP contribution in [0.25, 0.3) is 0 Å². The Morgan fingerprint density at radius 1 is 1.29 bits per heavy atom. The zero-order chi connectivity index (χ0) is 10.4. The van der Waals surface area contributed by atoms with E-state index in [0.29, 0.717) is 0 Å². The van der Waals surface area contributed by atoms with Crippen molar-refractivity contribution in [3.8, 4) is 6.07 Å². The van der Waals surface area contributed by atoms with Crippen molar-refractivity contribution in [2.24, 2.45) is 0 Å². The van der Waals surface area contributed by atoms with Gasteiger partial charge in [-0.1, -0.05) is 35.4 Å². The quantitative estimate of drug-likeness (QED) is 0.674. The van der Waals surface area contributed by atoms with Gasteiger partial charge in [-0.25, -0.2) is 0 Å². The van der Waals surface area contributed by atoms with Gasteiger partial charge in [-0.15, -0.1) is 0 Å². The molecule has 72 valence electrons. The standard InChI is InChI=1S/C8H10.C4H4N2/c1-7-4-3-5-8(2)6-7;5-1-4-2-6-3-4/h3-6H,1-2H3;2,6H,3H2. The topological polar surface area (TPSA) is 35.8 Å². The summed E-state index contributed by atoms with van der Waals surface area (Å²) in [7, 11) is 0. The Hall–Kier alpha value is -1.75. The van der Waals surface area contributed by atoms with Gasteiger partial charge in [0.05, 0.1) is 18.2 Å². The monoisotopic (exact) mass is 186 g/mol. The van der Waals surface area contributed by atoms with E-state index in [-0.39, 0.29) is 0 Å². The minimum absolute atomic E-state index is 0.760. The second kappa shape index (κ2) is 5.08. The Morgan fingerprint density at radius 3 is 2.00 bits per heavy atom. The van der Waals surface area contributed by atoms with Gasteiger partial charge in [-0.3, -0.25) is 0 Å². The van der Waals surface area contributed by atoms with E-state index < -0.39 is 0 Å². The van der Waals surface area contributed by atoms with E-state index >= 15 is 0 Å². The summed E-state index contributed by atoms with van der Waals surface area (Å²) in [6.07, 6.45) is 1.71. The highest BCUT2D eigenvalue weighted by atomic mass is 14.9. The van der Waals surface area contributed by atoms with Gasteiger partial charge in [0.15, 0.2) is 0 Å². The first-order chi connectivity index (χ1) is 6.72. The molecule has 14 heavy (non-hydrogen) atoms. The molecule has 0 saturated heterocycles. The number of nitrogens with one attached hydrogen (secondary N) is 1. The van der Waals surface area contributed by atoms with Crippen LogP contribution in [0.4, 0.5) is 0 Å². The van der Waals surface area contributed by atoms with E-state index in [9.17, 15) is 0 Å². The highest BCUT2D eigenvalue weighted by Crippen LogP contribution is 2.00. The fourth-order valence-electron chi connectivity index (χ4n) is 1.08. The Balaban J connectivity index is 0.000000146. The molecular formula is C12H14N2. The maximum Gasteiger partial charge on any atom is 0.0981 e. The Morgan fingerprint density at radius 2 is 1.86 bits per heavy atom. The molecule has 1 N–H and O–H groups in total. The second-order valence-corrected chi connectivity index (χ2v) is 3.32. The van der Waals surface area contributed by atoms with Crippen molar-refractivity contribution in [3.63, 3.8) is 0 Å². The van der Waals surface area contributed by atoms with Gasteiger partial charge >= 0.3 is 0 Å². The summed E-state index contributed by atoms with van der Waals surface area (Å²) < 4.78 is 0. The van der Waals surface area contributed by atoms with Crippen molar-refractivity contribution in [3.05, 3.63) is 47.2 Å². The minimum Gasteiger partial charge on any atom is -0.385 e. The third-order valence-electron chi connectivity index (χ3n) is 1.89. The SMILES string of the molecule is Cc1cccc(C)c1.N#CC1=CNC1. The minimum atomic E-state index is 0.760. The molecule has 0 amide bonds. The number of hydrogen-bond donors (Lipinski definition) is 1. The Labute approximate surface area is 84.9 Å². The number of rotatable bonds is 0. The Kier molecular flexibility index (Phi) is 3.75. The number of nitrogens with zero attached hydrogens (tertiary/aromatic N) is 1. The lowest BCUT2D eigenvalue weighted by Gasteiger charge is -2.06. The summed E-state index contributed by atoms with van der Waals surface area (Å²) in [5, 5.41) is 10.9. The normalized spacial score (nSPS) is 12.2. The summed E-state index contributed by atoms with van der Waals surface area (Å²) in [6, 6.07) is 10.4. The fraction of sp³-hybridized carbons (Fsp3) is 0.250. The first-order valence-corrected chi connectivity index (χ1v) is 4.58. The summed E-state index contributed by atoms with van der Waals surface area (Å²) in [5.41, 5.74) is 3.52. The molecule has 0 aliphatic carbocycles. The third kappa shape index (κ3) is 3.32. The zero-order valence-corrected chi connectivity index (χ0v) is 8.54. The van der Waals surface area contributed by atoms with E-state index in [1.165, 1.54) is 11.1 Å². The lowest BCUT2D eigenvalue weighted by molar-refractivity contribution is 0.862. The van der Waals surface area contributed by atoms with Gasteiger partial charge in [0.2, 0.25) is 0 Å². The molecule has 2 heteroatoms. The molecule has 2 rings (SSSR count). The molecule has 1 aromatic carbocycles. The molecule has 2 nitrogen and oxygen atoms in total. The Bertz CT molecular complexity index is 355. The summed E-state index contributed by atoms with van der Waals surface area (Å²) in [5.74, 6) is 0. The summed E-state index contributed by atoms with van der Waals surface area (Å²) in [6.45, 7) is 4.97. The van der Waals surface area contributed by atoms with E-state index in [4.69, 9.17) is 5.26 Å². The van der Waals surface area contributed by atoms with Gasteiger partial charge in [-0.2, -0.15) is 5.26 Å². The fourth-order valence-corrected chi connectivity index (χ4v) is 1.08. The average molecular weight is 186 g/mol. The highest BCUT2D eigenvalue weighted by molar-refractivity contribution is 5.27. The molecule has 0 atom stereocenters. The predicted molar refractivity (Wildman–Crippen MR) is 57.6 cm³/mol. The van der Waals surface area contributed by atoms with Crippen LogP contribution in [0.5, 0.6) is 0 Å². The molecule has 1 aliphatic rings. The van der Waals surface area contributed by atoms with E-state index in [1.54, 1.807) is 6.20 Å². The van der Waals surface area contributed by atoms with Crippen LogP contribution in [0.2, 0.25) is 0 Å². The van der Waals surface area contributed by atoms with Gasteiger partial charge < -0.3 is 5.32 Å². The molecule has 0 saturated carbocycles. The average Bonchev–Trinajstić information content (AvgIpc) is 2.02. The molecular weight excluding hydrogens is 172 g/mol. The van der Waals surface area contributed by atoms with E-state index in [1.807, 2.05) is 6.07 Å². The van der Waals surface area contributed by atoms with E-state index in [2.05, 4.69) is 43.4 Å². The molecule has 0 aromatic heterocycles. The predicted octanol–water partition coefficient (Wildman–Crippen LogP) is 2.30. The molecule has 0 bridgehead atoms. The van der Waals surface area contributed by atoms with Crippen molar-refractivity contribution in [1.82, 2.24) is 5.32 Å². The third-order valence-corrected chi connectivity index (χ3v) is 1.89. The molecule has 1 aliphatic heterocycles. The molecule has 0 unspecified atom stereocenters. The molecule has 0 spiro atoms. The second-order valence-electron chi connectivity index (χ2n) is 3.32. The first-order valence-electron chi connectivity index (χ1n) is 4.58. The van der Waals surface area contributed by atoms with Crippen LogP contribution >= 0.6 is 0 Å². The van der Waals surface area contributed by atoms with Crippen LogP contribution in [0.1, 0.15) is 11.1 Å². The van der Waals surface area contributed by atoms with Crippen LogP contribution in [0.15, 0.2) is 36.0 Å². The molecule has 0 radical (unpaired) electrons. The van der Waals surface area contributed by atoms with Crippen LogP contribution < -0.4 is 5.32 Å². The van der Waals surface area contributed by atoms with Crippen molar-refractivity contribution < 1.29 is 0 Å². The van der Waals surface area contributed by atoms with Crippen LogP contribution in [-0.4, -0.2) is 6.54 Å². The number of benzene rings is 1. The summed E-state index contributed by atoms with van der Waals surface area (Å²) in [4.78, 5) is 0. The van der Waals surface area contributed by atoms with Crippen molar-refractivity contribution in [2.45, 2.75) is 13.8 Å². The largest absolute Gasteiger partial charge is 0.385 e. The first kappa shape index (κ1) is 10.3. The lowest BCUT2D eigenvalue weighted by Crippen LogP contribution is -2.20. The highest BCUT2D eigenvalue weighted by Gasteiger charge is 1.99. The number of nitriles is 1. The zero-order valence-electron chi connectivity index (χ0n) is 8.54. The van der Waals surface area contributed by atoms with Gasteiger partial charge in [0.1, 0.15) is 0 Å². The maximum absolute atomic E-state index is 8.03. The van der Waals surface area contributed by atoms with Crippen molar-refractivity contribution in [2.75, 3.05) is 6.54 Å². The molecule has 1 aromatic rings.